The van der Waals surface area contributed by atoms with E-state index in [1.54, 1.807) is 12.1 Å². The molecule has 0 spiro atoms. The molecular weight excluding hydrogens is 396 g/mol. The second-order valence-electron chi connectivity index (χ2n) is 6.81. The summed E-state index contributed by atoms with van der Waals surface area (Å²) in [7, 11) is 0. The molecule has 0 heterocycles. The van der Waals surface area contributed by atoms with Crippen molar-refractivity contribution < 1.29 is 27.9 Å². The van der Waals surface area contributed by atoms with E-state index in [0.717, 1.165) is 25.0 Å². The summed E-state index contributed by atoms with van der Waals surface area (Å²) in [6.45, 7) is 0.217. The van der Waals surface area contributed by atoms with E-state index in [2.05, 4.69) is 16.0 Å². The summed E-state index contributed by atoms with van der Waals surface area (Å²) in [5.74, 6) is -2.56. The van der Waals surface area contributed by atoms with E-state index in [0.29, 0.717) is 30.4 Å². The molecular formula is C21H21F2N3O4. The highest BCUT2D eigenvalue weighted by atomic mass is 19.1. The number of ether oxygens (including phenoxy) is 1. The van der Waals surface area contributed by atoms with Crippen molar-refractivity contribution in [3.05, 3.63) is 59.7 Å². The van der Waals surface area contributed by atoms with E-state index < -0.39 is 24.1 Å². The minimum Gasteiger partial charge on any atom is -0.481 e. The Labute approximate surface area is 171 Å². The van der Waals surface area contributed by atoms with Crippen LogP contribution in [0.25, 0.3) is 0 Å². The van der Waals surface area contributed by atoms with Crippen LogP contribution in [0.5, 0.6) is 5.75 Å². The number of amides is 3. The van der Waals surface area contributed by atoms with Gasteiger partial charge in [0.15, 0.2) is 18.2 Å². The number of carbonyl (C=O) groups excluding carboxylic acids is 3. The van der Waals surface area contributed by atoms with Crippen LogP contribution in [0.1, 0.15) is 23.2 Å². The number of benzene rings is 2. The van der Waals surface area contributed by atoms with Crippen LogP contribution in [-0.2, 0) is 9.59 Å². The zero-order chi connectivity index (χ0) is 21.5. The predicted molar refractivity (Wildman–Crippen MR) is 105 cm³/mol. The molecule has 158 valence electrons. The van der Waals surface area contributed by atoms with Crippen LogP contribution in [-0.4, -0.2) is 37.4 Å². The molecule has 0 aromatic heterocycles. The third-order valence-corrected chi connectivity index (χ3v) is 4.34. The van der Waals surface area contributed by atoms with Gasteiger partial charge in [0.2, 0.25) is 5.91 Å². The smallest absolute Gasteiger partial charge is 0.262 e. The van der Waals surface area contributed by atoms with Crippen LogP contribution in [0, 0.1) is 17.6 Å². The topological polar surface area (TPSA) is 96.5 Å². The summed E-state index contributed by atoms with van der Waals surface area (Å²) in [5, 5.41) is 8.01. The lowest BCUT2D eigenvalue weighted by molar-refractivity contribution is -0.122. The molecule has 2 aromatic carbocycles. The standard InChI is InChI=1S/C21H21F2N3O4/c22-15-5-8-18(17(23)11-15)30-12-19(27)26-16-6-3-14(4-7-16)21(29)25-10-9-24-20(28)13-1-2-13/h3-8,11,13H,1-2,9-10,12H2,(H,24,28)(H,25,29)(H,26,27). The third kappa shape index (κ3) is 6.26. The van der Waals surface area contributed by atoms with Gasteiger partial charge in [-0.05, 0) is 49.2 Å². The lowest BCUT2D eigenvalue weighted by atomic mass is 10.2. The zero-order valence-corrected chi connectivity index (χ0v) is 16.0. The molecule has 0 atom stereocenters. The van der Waals surface area contributed by atoms with E-state index >= 15 is 0 Å². The van der Waals surface area contributed by atoms with Crippen LogP contribution in [0.4, 0.5) is 14.5 Å². The second-order valence-corrected chi connectivity index (χ2v) is 6.81. The number of hydrogen-bond acceptors (Lipinski definition) is 4. The first-order chi connectivity index (χ1) is 14.4. The van der Waals surface area contributed by atoms with Gasteiger partial charge in [-0.15, -0.1) is 0 Å². The molecule has 0 saturated heterocycles. The van der Waals surface area contributed by atoms with Crippen LogP contribution < -0.4 is 20.7 Å². The van der Waals surface area contributed by atoms with Gasteiger partial charge in [0.1, 0.15) is 5.82 Å². The van der Waals surface area contributed by atoms with Gasteiger partial charge in [0.25, 0.3) is 11.8 Å². The SMILES string of the molecule is O=C(COc1ccc(F)cc1F)Nc1ccc(C(=O)NCCNC(=O)C2CC2)cc1. The Morgan fingerprint density at radius 1 is 0.967 bits per heavy atom. The summed E-state index contributed by atoms with van der Waals surface area (Å²) in [6.07, 6.45) is 1.85. The van der Waals surface area contributed by atoms with E-state index in [9.17, 15) is 23.2 Å². The summed E-state index contributed by atoms with van der Waals surface area (Å²) < 4.78 is 31.4. The largest absolute Gasteiger partial charge is 0.481 e. The monoisotopic (exact) mass is 417 g/mol. The Kier molecular flexibility index (Phi) is 6.95. The predicted octanol–water partition coefficient (Wildman–Crippen LogP) is 2.24. The van der Waals surface area contributed by atoms with Crippen LogP contribution in [0.2, 0.25) is 0 Å². The highest BCUT2D eigenvalue weighted by Crippen LogP contribution is 2.28. The maximum absolute atomic E-state index is 13.5. The molecule has 0 unspecified atom stereocenters. The maximum Gasteiger partial charge on any atom is 0.262 e. The van der Waals surface area contributed by atoms with Gasteiger partial charge in [0.05, 0.1) is 0 Å². The van der Waals surface area contributed by atoms with Gasteiger partial charge in [-0.25, -0.2) is 8.78 Å². The third-order valence-electron chi connectivity index (χ3n) is 4.34. The van der Waals surface area contributed by atoms with Gasteiger partial charge < -0.3 is 20.7 Å². The van der Waals surface area contributed by atoms with Crippen molar-refractivity contribution in [3.63, 3.8) is 0 Å². The Morgan fingerprint density at radius 3 is 2.33 bits per heavy atom. The number of hydrogen-bond donors (Lipinski definition) is 3. The van der Waals surface area contributed by atoms with Gasteiger partial charge in [0, 0.05) is 36.3 Å². The Balaban J connectivity index is 1.40. The Hall–Kier alpha value is -3.49. The van der Waals surface area contributed by atoms with Crippen LogP contribution >= 0.6 is 0 Å². The average Bonchev–Trinajstić information content (AvgIpc) is 3.56. The number of halogens is 2. The molecule has 3 amide bonds. The fourth-order valence-electron chi connectivity index (χ4n) is 2.59. The van der Waals surface area contributed by atoms with Gasteiger partial charge in [-0.3, -0.25) is 14.4 Å². The number of anilines is 1. The molecule has 0 aliphatic heterocycles. The average molecular weight is 417 g/mol. The molecule has 2 aromatic rings. The molecule has 0 bridgehead atoms. The Bertz CT molecular complexity index is 930. The lowest BCUT2D eigenvalue weighted by Gasteiger charge is -2.09. The molecule has 9 heteroatoms. The Morgan fingerprint density at radius 2 is 1.67 bits per heavy atom. The van der Waals surface area contributed by atoms with E-state index in [1.165, 1.54) is 12.1 Å². The summed E-state index contributed by atoms with van der Waals surface area (Å²) >= 11 is 0. The summed E-state index contributed by atoms with van der Waals surface area (Å²) in [4.78, 5) is 35.5. The minimum atomic E-state index is -0.898. The van der Waals surface area contributed by atoms with Crippen molar-refractivity contribution in [2.24, 2.45) is 5.92 Å². The number of rotatable bonds is 9. The molecule has 30 heavy (non-hydrogen) atoms. The fourth-order valence-corrected chi connectivity index (χ4v) is 2.59. The maximum atomic E-state index is 13.5. The molecule has 7 nitrogen and oxygen atoms in total. The lowest BCUT2D eigenvalue weighted by Crippen LogP contribution is -2.35. The molecule has 3 N–H and O–H groups in total. The van der Waals surface area contributed by atoms with Crippen molar-refractivity contribution in [2.45, 2.75) is 12.8 Å². The second kappa shape index (κ2) is 9.82. The molecule has 0 radical (unpaired) electrons. The molecule has 1 aliphatic rings. The highest BCUT2D eigenvalue weighted by Gasteiger charge is 2.29. The number of nitrogens with one attached hydrogen (secondary N) is 3. The highest BCUT2D eigenvalue weighted by molar-refractivity contribution is 5.96. The molecule has 1 aliphatic carbocycles. The van der Waals surface area contributed by atoms with Crippen molar-refractivity contribution >= 4 is 23.4 Å². The summed E-state index contributed by atoms with van der Waals surface area (Å²) in [6, 6.07) is 8.95. The first-order valence-corrected chi connectivity index (χ1v) is 9.46. The van der Waals surface area contributed by atoms with Crippen LogP contribution in [0.3, 0.4) is 0 Å². The van der Waals surface area contributed by atoms with E-state index in [-0.39, 0.29) is 23.5 Å². The summed E-state index contributed by atoms with van der Waals surface area (Å²) in [5.41, 5.74) is 0.822. The van der Waals surface area contributed by atoms with Gasteiger partial charge in [-0.2, -0.15) is 0 Å². The van der Waals surface area contributed by atoms with Crippen molar-refractivity contribution in [1.82, 2.24) is 10.6 Å². The normalized spacial score (nSPS) is 12.7. The van der Waals surface area contributed by atoms with Gasteiger partial charge >= 0.3 is 0 Å². The zero-order valence-electron chi connectivity index (χ0n) is 16.0. The van der Waals surface area contributed by atoms with Crippen molar-refractivity contribution in [3.8, 4) is 5.75 Å². The first-order valence-electron chi connectivity index (χ1n) is 9.46. The molecule has 1 saturated carbocycles. The van der Waals surface area contributed by atoms with Crippen molar-refractivity contribution in [2.75, 3.05) is 25.0 Å². The number of carbonyl (C=O) groups is 3. The fraction of sp³-hybridized carbons (Fsp3) is 0.286. The molecule has 3 rings (SSSR count). The minimum absolute atomic E-state index is 0.0236. The van der Waals surface area contributed by atoms with Gasteiger partial charge in [-0.1, -0.05) is 0 Å². The van der Waals surface area contributed by atoms with E-state index in [4.69, 9.17) is 4.74 Å². The van der Waals surface area contributed by atoms with E-state index in [1.807, 2.05) is 0 Å². The first kappa shape index (κ1) is 21.2. The quantitative estimate of drug-likeness (QED) is 0.545. The van der Waals surface area contributed by atoms with Crippen molar-refractivity contribution in [1.29, 1.82) is 0 Å². The molecule has 1 fully saturated rings. The van der Waals surface area contributed by atoms with Crippen LogP contribution in [0.15, 0.2) is 42.5 Å².